The van der Waals surface area contributed by atoms with Crippen LogP contribution < -0.4 is 11.1 Å². The van der Waals surface area contributed by atoms with Crippen LogP contribution in [-0.2, 0) is 0 Å². The first-order chi connectivity index (χ1) is 8.53. The number of carbonyl (C=O) groups is 1. The normalized spacial score (nSPS) is 27.7. The zero-order valence-corrected chi connectivity index (χ0v) is 12.1. The highest BCUT2D eigenvalue weighted by Gasteiger charge is 2.38. The largest absolute Gasteiger partial charge is 0.391 e. The Morgan fingerprint density at radius 1 is 1.56 bits per heavy atom. The van der Waals surface area contributed by atoms with Crippen molar-refractivity contribution in [2.45, 2.75) is 38.1 Å². The van der Waals surface area contributed by atoms with Gasteiger partial charge < -0.3 is 11.1 Å². The zero-order valence-electron chi connectivity index (χ0n) is 10.4. The molecule has 98 valence electrons. The summed E-state index contributed by atoms with van der Waals surface area (Å²) >= 11 is 6.61. The van der Waals surface area contributed by atoms with E-state index >= 15 is 0 Å². The van der Waals surface area contributed by atoms with Crippen molar-refractivity contribution >= 4 is 34.5 Å². The number of hydrogen-bond donors (Lipinski definition) is 2. The number of carbonyl (C=O) groups excluding carboxylic acids is 1. The van der Waals surface area contributed by atoms with Crippen LogP contribution in [0.2, 0.25) is 0 Å². The van der Waals surface area contributed by atoms with E-state index in [9.17, 15) is 4.79 Å². The van der Waals surface area contributed by atoms with Gasteiger partial charge in [-0.1, -0.05) is 25.2 Å². The molecular formula is C13H18N2OS2. The molecule has 1 fully saturated rings. The highest BCUT2D eigenvalue weighted by molar-refractivity contribution is 7.80. The Kier molecular flexibility index (Phi) is 4.02. The van der Waals surface area contributed by atoms with Gasteiger partial charge in [0, 0.05) is 0 Å². The van der Waals surface area contributed by atoms with Gasteiger partial charge in [0.1, 0.15) is 0 Å². The Morgan fingerprint density at radius 3 is 2.72 bits per heavy atom. The van der Waals surface area contributed by atoms with Crippen molar-refractivity contribution in [2.24, 2.45) is 11.7 Å². The molecule has 5 heteroatoms. The fourth-order valence-corrected chi connectivity index (χ4v) is 3.25. The highest BCUT2D eigenvalue weighted by Crippen LogP contribution is 2.32. The smallest absolute Gasteiger partial charge is 0.262 e. The maximum atomic E-state index is 12.1. The van der Waals surface area contributed by atoms with Gasteiger partial charge >= 0.3 is 0 Å². The van der Waals surface area contributed by atoms with Gasteiger partial charge in [-0.3, -0.25) is 4.79 Å². The van der Waals surface area contributed by atoms with Gasteiger partial charge in [-0.05, 0) is 43.0 Å². The van der Waals surface area contributed by atoms with Crippen molar-refractivity contribution < 1.29 is 4.79 Å². The molecule has 0 bridgehead atoms. The lowest BCUT2D eigenvalue weighted by atomic mass is 9.77. The minimum absolute atomic E-state index is 0.0626. The van der Waals surface area contributed by atoms with Gasteiger partial charge in [0.2, 0.25) is 0 Å². The minimum atomic E-state index is -0.483. The van der Waals surface area contributed by atoms with Crippen LogP contribution in [0.5, 0.6) is 0 Å². The number of hydrogen-bond acceptors (Lipinski definition) is 3. The topological polar surface area (TPSA) is 55.1 Å². The second-order valence-electron chi connectivity index (χ2n) is 5.06. The molecule has 1 amide bonds. The number of nitrogens with two attached hydrogens (primary N) is 1. The van der Waals surface area contributed by atoms with E-state index < -0.39 is 5.54 Å². The molecule has 0 aromatic carbocycles. The van der Waals surface area contributed by atoms with Crippen molar-refractivity contribution in [3.05, 3.63) is 22.4 Å². The molecule has 0 aliphatic heterocycles. The maximum absolute atomic E-state index is 12.1. The van der Waals surface area contributed by atoms with E-state index in [0.717, 1.165) is 25.7 Å². The van der Waals surface area contributed by atoms with E-state index in [2.05, 4.69) is 12.2 Å². The standard InChI is InChI=1S/C13H18N2OS2/c1-9-4-6-13(7-5-9,12(14)17)15-11(16)10-3-2-8-18-10/h2-3,8-9H,4-7H2,1H3,(H2,14,17)(H,15,16). The van der Waals surface area contributed by atoms with E-state index in [1.165, 1.54) is 11.3 Å². The molecule has 1 heterocycles. The predicted molar refractivity (Wildman–Crippen MR) is 78.9 cm³/mol. The summed E-state index contributed by atoms with van der Waals surface area (Å²) < 4.78 is 0. The van der Waals surface area contributed by atoms with Gasteiger partial charge in [0.25, 0.3) is 5.91 Å². The molecule has 0 saturated heterocycles. The van der Waals surface area contributed by atoms with Gasteiger partial charge in [0.05, 0.1) is 15.4 Å². The molecule has 18 heavy (non-hydrogen) atoms. The summed E-state index contributed by atoms with van der Waals surface area (Å²) in [5.74, 6) is 0.624. The Morgan fingerprint density at radius 2 is 2.22 bits per heavy atom. The van der Waals surface area contributed by atoms with Crippen LogP contribution in [0.15, 0.2) is 17.5 Å². The number of amides is 1. The number of thiocarbonyl (C=S) groups is 1. The van der Waals surface area contributed by atoms with Crippen LogP contribution in [-0.4, -0.2) is 16.4 Å². The molecule has 0 spiro atoms. The Hall–Kier alpha value is -0.940. The van der Waals surface area contributed by atoms with Crippen molar-refractivity contribution in [2.75, 3.05) is 0 Å². The molecule has 1 aromatic rings. The Labute approximate surface area is 117 Å². The lowest BCUT2D eigenvalue weighted by Crippen LogP contribution is -2.58. The summed E-state index contributed by atoms with van der Waals surface area (Å²) in [7, 11) is 0. The van der Waals surface area contributed by atoms with Crippen LogP contribution in [0.1, 0.15) is 42.3 Å². The van der Waals surface area contributed by atoms with Crippen molar-refractivity contribution in [1.29, 1.82) is 0 Å². The van der Waals surface area contributed by atoms with E-state index in [1.807, 2.05) is 17.5 Å². The van der Waals surface area contributed by atoms with E-state index in [-0.39, 0.29) is 5.91 Å². The second-order valence-corrected chi connectivity index (χ2v) is 6.45. The summed E-state index contributed by atoms with van der Waals surface area (Å²) in [6.45, 7) is 2.23. The van der Waals surface area contributed by atoms with Crippen molar-refractivity contribution in [1.82, 2.24) is 5.32 Å². The fourth-order valence-electron chi connectivity index (χ4n) is 2.37. The molecule has 3 N–H and O–H groups in total. The summed E-state index contributed by atoms with van der Waals surface area (Å²) in [6.07, 6.45) is 3.81. The van der Waals surface area contributed by atoms with Gasteiger partial charge in [0.15, 0.2) is 0 Å². The summed E-state index contributed by atoms with van der Waals surface area (Å²) in [6, 6.07) is 3.69. The predicted octanol–water partition coefficient (Wildman–Crippen LogP) is 2.71. The SMILES string of the molecule is CC1CCC(NC(=O)c2cccs2)(C(N)=S)CC1. The van der Waals surface area contributed by atoms with Crippen LogP contribution in [0.25, 0.3) is 0 Å². The summed E-state index contributed by atoms with van der Waals surface area (Å²) in [5, 5.41) is 4.95. The first kappa shape index (κ1) is 13.5. The zero-order chi connectivity index (χ0) is 13.2. The third-order valence-corrected chi connectivity index (χ3v) is 4.96. The number of rotatable bonds is 3. The van der Waals surface area contributed by atoms with Gasteiger partial charge in [-0.15, -0.1) is 11.3 Å². The quantitative estimate of drug-likeness (QED) is 0.838. The van der Waals surface area contributed by atoms with Gasteiger partial charge in [-0.2, -0.15) is 0 Å². The monoisotopic (exact) mass is 282 g/mol. The van der Waals surface area contributed by atoms with Gasteiger partial charge in [-0.25, -0.2) is 0 Å². The average molecular weight is 282 g/mol. The van der Waals surface area contributed by atoms with E-state index in [1.54, 1.807) is 0 Å². The van der Waals surface area contributed by atoms with Crippen LogP contribution >= 0.6 is 23.6 Å². The Balaban J connectivity index is 2.12. The number of thiophene rings is 1. The molecule has 1 saturated carbocycles. The average Bonchev–Trinajstić information content (AvgIpc) is 2.85. The summed E-state index contributed by atoms with van der Waals surface area (Å²) in [4.78, 5) is 13.3. The minimum Gasteiger partial charge on any atom is -0.391 e. The first-order valence-corrected chi connectivity index (χ1v) is 7.48. The maximum Gasteiger partial charge on any atom is 0.262 e. The summed E-state index contributed by atoms with van der Waals surface area (Å²) in [5.41, 5.74) is 5.39. The molecular weight excluding hydrogens is 264 g/mol. The molecule has 3 nitrogen and oxygen atoms in total. The molecule has 2 rings (SSSR count). The van der Waals surface area contributed by atoms with Crippen LogP contribution in [0, 0.1) is 5.92 Å². The third kappa shape index (κ3) is 2.72. The first-order valence-electron chi connectivity index (χ1n) is 6.19. The van der Waals surface area contributed by atoms with E-state index in [4.69, 9.17) is 18.0 Å². The second kappa shape index (κ2) is 5.36. The third-order valence-electron chi connectivity index (χ3n) is 3.70. The lowest BCUT2D eigenvalue weighted by molar-refractivity contribution is 0.0905. The molecule has 0 radical (unpaired) electrons. The molecule has 0 unspecified atom stereocenters. The molecule has 1 aromatic heterocycles. The van der Waals surface area contributed by atoms with Crippen molar-refractivity contribution in [3.8, 4) is 0 Å². The lowest BCUT2D eigenvalue weighted by Gasteiger charge is -2.39. The molecule has 0 atom stereocenters. The van der Waals surface area contributed by atoms with E-state index in [0.29, 0.717) is 15.8 Å². The fraction of sp³-hybridized carbons (Fsp3) is 0.538. The number of nitrogens with one attached hydrogen (secondary N) is 1. The molecule has 1 aliphatic rings. The molecule has 1 aliphatic carbocycles. The van der Waals surface area contributed by atoms with Crippen LogP contribution in [0.3, 0.4) is 0 Å². The Bertz CT molecular complexity index is 434. The van der Waals surface area contributed by atoms with Crippen LogP contribution in [0.4, 0.5) is 0 Å². The van der Waals surface area contributed by atoms with Crippen molar-refractivity contribution in [3.63, 3.8) is 0 Å². The highest BCUT2D eigenvalue weighted by atomic mass is 32.1.